The minimum atomic E-state index is 0.847. The summed E-state index contributed by atoms with van der Waals surface area (Å²) < 4.78 is 0. The van der Waals surface area contributed by atoms with Gasteiger partial charge in [-0.1, -0.05) is 13.8 Å². The van der Waals surface area contributed by atoms with Crippen LogP contribution in [0.4, 0.5) is 0 Å². The van der Waals surface area contributed by atoms with E-state index < -0.39 is 0 Å². The van der Waals surface area contributed by atoms with E-state index in [2.05, 4.69) is 25.7 Å². The Hall–Kier alpha value is -0.0400. The monoisotopic (exact) mass is 155 g/mol. The molecule has 1 aliphatic heterocycles. The molecule has 11 heavy (non-hydrogen) atoms. The van der Waals surface area contributed by atoms with Crippen molar-refractivity contribution in [1.82, 2.24) is 4.90 Å². The topological polar surface area (TPSA) is 3.24 Å². The van der Waals surface area contributed by atoms with Crippen LogP contribution >= 0.6 is 0 Å². The lowest BCUT2D eigenvalue weighted by molar-refractivity contribution is 0.180. The normalized spacial score (nSPS) is 26.7. The summed E-state index contributed by atoms with van der Waals surface area (Å²) in [5, 5.41) is 0. The lowest BCUT2D eigenvalue weighted by atomic mass is 10.1. The van der Waals surface area contributed by atoms with Crippen LogP contribution in [0, 0.1) is 0 Å². The van der Waals surface area contributed by atoms with Gasteiger partial charge in [0.15, 0.2) is 0 Å². The van der Waals surface area contributed by atoms with E-state index in [9.17, 15) is 0 Å². The van der Waals surface area contributed by atoms with Gasteiger partial charge in [0.1, 0.15) is 0 Å². The molecule has 0 spiro atoms. The lowest BCUT2D eigenvalue weighted by Gasteiger charge is -2.29. The molecule has 1 fully saturated rings. The fraction of sp³-hybridized carbons (Fsp3) is 1.00. The van der Waals surface area contributed by atoms with E-state index in [1.165, 1.54) is 32.2 Å². The van der Waals surface area contributed by atoms with Gasteiger partial charge in [-0.25, -0.2) is 0 Å². The highest BCUT2D eigenvalue weighted by Crippen LogP contribution is 2.22. The maximum Gasteiger partial charge on any atom is 0.00928 e. The van der Waals surface area contributed by atoms with Gasteiger partial charge in [0, 0.05) is 12.1 Å². The van der Waals surface area contributed by atoms with E-state index in [0.717, 1.165) is 12.1 Å². The minimum absolute atomic E-state index is 0.847. The van der Waals surface area contributed by atoms with Crippen molar-refractivity contribution in [2.24, 2.45) is 0 Å². The van der Waals surface area contributed by atoms with Crippen molar-refractivity contribution in [1.29, 1.82) is 0 Å². The molecule has 0 aliphatic carbocycles. The van der Waals surface area contributed by atoms with Crippen molar-refractivity contribution in [3.63, 3.8) is 0 Å². The molecule has 0 aromatic heterocycles. The molecule has 0 unspecified atom stereocenters. The van der Waals surface area contributed by atoms with Gasteiger partial charge in [-0.15, -0.1) is 0 Å². The minimum Gasteiger partial charge on any atom is -0.298 e. The quantitative estimate of drug-likeness (QED) is 0.605. The van der Waals surface area contributed by atoms with Gasteiger partial charge in [-0.3, -0.25) is 4.90 Å². The maximum absolute atomic E-state index is 2.68. The molecule has 1 heteroatoms. The fourth-order valence-corrected chi connectivity index (χ4v) is 2.26. The first-order chi connectivity index (χ1) is 5.29. The summed E-state index contributed by atoms with van der Waals surface area (Å²) in [6, 6.07) is 1.70. The van der Waals surface area contributed by atoms with E-state index in [1.807, 2.05) is 0 Å². The van der Waals surface area contributed by atoms with Gasteiger partial charge in [-0.05, 0) is 39.2 Å². The Morgan fingerprint density at radius 2 is 2.00 bits per heavy atom. The number of hydrogen-bond donors (Lipinski definition) is 0. The van der Waals surface area contributed by atoms with Crippen molar-refractivity contribution in [3.05, 3.63) is 0 Å². The van der Waals surface area contributed by atoms with E-state index >= 15 is 0 Å². The Bertz CT molecular complexity index is 107. The third-order valence-electron chi connectivity index (χ3n) is 3.02. The van der Waals surface area contributed by atoms with Crippen LogP contribution in [0.5, 0.6) is 0 Å². The number of likely N-dealkylation sites (tertiary alicyclic amines) is 1. The Morgan fingerprint density at radius 3 is 2.36 bits per heavy atom. The Balaban J connectivity index is 2.43. The van der Waals surface area contributed by atoms with E-state index in [4.69, 9.17) is 0 Å². The molecule has 0 aromatic rings. The van der Waals surface area contributed by atoms with Crippen molar-refractivity contribution in [2.45, 2.75) is 58.5 Å². The first-order valence-electron chi connectivity index (χ1n) is 5.05. The van der Waals surface area contributed by atoms with Crippen LogP contribution < -0.4 is 0 Å². The van der Waals surface area contributed by atoms with Crippen molar-refractivity contribution < 1.29 is 0 Å². The molecule has 1 atom stereocenters. The van der Waals surface area contributed by atoms with Crippen LogP contribution in [0.2, 0.25) is 0 Å². The zero-order valence-electron chi connectivity index (χ0n) is 8.14. The number of rotatable bonds is 3. The van der Waals surface area contributed by atoms with Crippen molar-refractivity contribution in [3.8, 4) is 0 Å². The highest BCUT2D eigenvalue weighted by Gasteiger charge is 2.24. The van der Waals surface area contributed by atoms with Crippen LogP contribution in [-0.2, 0) is 0 Å². The van der Waals surface area contributed by atoms with Crippen LogP contribution in [0.15, 0.2) is 0 Å². The molecule has 0 amide bonds. The first-order valence-corrected chi connectivity index (χ1v) is 5.05. The third kappa shape index (κ3) is 1.96. The predicted octanol–water partition coefficient (Wildman–Crippen LogP) is 2.66. The molecule has 0 N–H and O–H groups in total. The van der Waals surface area contributed by atoms with Crippen LogP contribution in [0.3, 0.4) is 0 Å². The molecule has 0 aromatic carbocycles. The molecule has 1 nitrogen and oxygen atoms in total. The van der Waals surface area contributed by atoms with Gasteiger partial charge < -0.3 is 0 Å². The molecule has 0 saturated carbocycles. The van der Waals surface area contributed by atoms with Gasteiger partial charge in [0.25, 0.3) is 0 Å². The zero-order valence-corrected chi connectivity index (χ0v) is 8.14. The average molecular weight is 155 g/mol. The summed E-state index contributed by atoms with van der Waals surface area (Å²) in [5.74, 6) is 0. The molecule has 0 bridgehead atoms. The molecule has 0 radical (unpaired) electrons. The van der Waals surface area contributed by atoms with Crippen LogP contribution in [0.1, 0.15) is 46.5 Å². The maximum atomic E-state index is 2.68. The first kappa shape index (κ1) is 9.05. The third-order valence-corrected chi connectivity index (χ3v) is 3.02. The summed E-state index contributed by atoms with van der Waals surface area (Å²) in [5.41, 5.74) is 0. The standard InChI is InChI=1S/C10H21N/c1-4-10(5-2)11-8-6-7-9(11)3/h9-10H,4-8H2,1-3H3/t9-/m0/s1. The molecular formula is C10H21N. The molecule has 1 rings (SSSR count). The summed E-state index contributed by atoms with van der Waals surface area (Å²) in [4.78, 5) is 2.68. The van der Waals surface area contributed by atoms with Crippen molar-refractivity contribution >= 4 is 0 Å². The summed E-state index contributed by atoms with van der Waals surface area (Å²) in [6.45, 7) is 8.32. The predicted molar refractivity (Wildman–Crippen MR) is 49.8 cm³/mol. The van der Waals surface area contributed by atoms with E-state index in [1.54, 1.807) is 0 Å². The van der Waals surface area contributed by atoms with Gasteiger partial charge in [0.05, 0.1) is 0 Å². The summed E-state index contributed by atoms with van der Waals surface area (Å²) in [6.07, 6.45) is 5.47. The largest absolute Gasteiger partial charge is 0.298 e. The Labute approximate surface area is 70.8 Å². The molecule has 1 heterocycles. The Morgan fingerprint density at radius 1 is 1.36 bits per heavy atom. The summed E-state index contributed by atoms with van der Waals surface area (Å²) in [7, 11) is 0. The van der Waals surface area contributed by atoms with Crippen molar-refractivity contribution in [2.75, 3.05) is 6.54 Å². The second-order valence-electron chi connectivity index (χ2n) is 3.70. The van der Waals surface area contributed by atoms with Gasteiger partial charge in [0.2, 0.25) is 0 Å². The van der Waals surface area contributed by atoms with E-state index in [-0.39, 0.29) is 0 Å². The number of nitrogens with zero attached hydrogens (tertiary/aromatic N) is 1. The molecule has 1 saturated heterocycles. The van der Waals surface area contributed by atoms with Crippen LogP contribution in [0.25, 0.3) is 0 Å². The van der Waals surface area contributed by atoms with Gasteiger partial charge >= 0.3 is 0 Å². The lowest BCUT2D eigenvalue weighted by Crippen LogP contribution is -2.36. The smallest absolute Gasteiger partial charge is 0.00928 e. The fourth-order valence-electron chi connectivity index (χ4n) is 2.26. The Kier molecular flexibility index (Phi) is 3.38. The molecular weight excluding hydrogens is 134 g/mol. The summed E-state index contributed by atoms with van der Waals surface area (Å²) >= 11 is 0. The van der Waals surface area contributed by atoms with E-state index in [0.29, 0.717) is 0 Å². The average Bonchev–Trinajstić information content (AvgIpc) is 2.40. The second-order valence-corrected chi connectivity index (χ2v) is 3.70. The zero-order chi connectivity index (χ0) is 8.27. The number of hydrogen-bond acceptors (Lipinski definition) is 1. The molecule has 1 aliphatic rings. The SMILES string of the molecule is CCC(CC)N1CCC[C@@H]1C. The highest BCUT2D eigenvalue weighted by molar-refractivity contribution is 4.80. The highest BCUT2D eigenvalue weighted by atomic mass is 15.2. The molecule has 66 valence electrons. The van der Waals surface area contributed by atoms with Gasteiger partial charge in [-0.2, -0.15) is 0 Å². The van der Waals surface area contributed by atoms with Crippen LogP contribution in [-0.4, -0.2) is 23.5 Å². The second kappa shape index (κ2) is 4.10.